The van der Waals surface area contributed by atoms with Crippen LogP contribution in [0.25, 0.3) is 0 Å². The number of ether oxygens (including phenoxy) is 1. The van der Waals surface area contributed by atoms with Gasteiger partial charge >= 0.3 is 5.97 Å². The molecule has 0 bridgehead atoms. The molecule has 1 unspecified atom stereocenters. The van der Waals surface area contributed by atoms with Crippen LogP contribution in [0.15, 0.2) is 12.1 Å². The zero-order chi connectivity index (χ0) is 11.9. The number of hydrogen-bond acceptors (Lipinski definition) is 3. The van der Waals surface area contributed by atoms with E-state index in [2.05, 4.69) is 4.74 Å². The third-order valence-electron chi connectivity index (χ3n) is 2.64. The Morgan fingerprint density at radius 1 is 1.56 bits per heavy atom. The predicted octanol–water partition coefficient (Wildman–Crippen LogP) is 2.32. The number of Topliss-reactive ketones (excluding diaryl/α,β-unsaturated/α-hetero) is 1. The van der Waals surface area contributed by atoms with E-state index < -0.39 is 23.5 Å². The number of esters is 1. The number of rotatable bonds is 1. The molecule has 3 nitrogen and oxygen atoms in total. The van der Waals surface area contributed by atoms with Crippen LogP contribution in [0.4, 0.5) is 4.39 Å². The molecular weight excluding hydrogens is 235 g/mol. The second kappa shape index (κ2) is 3.87. The molecule has 2 rings (SSSR count). The average Bonchev–Trinajstić information content (AvgIpc) is 2.62. The Morgan fingerprint density at radius 2 is 2.25 bits per heavy atom. The summed E-state index contributed by atoms with van der Waals surface area (Å²) in [5.74, 6) is -2.41. The summed E-state index contributed by atoms with van der Waals surface area (Å²) in [6.45, 7) is 0. The largest absolute Gasteiger partial charge is 0.469 e. The van der Waals surface area contributed by atoms with Crippen LogP contribution in [0.1, 0.15) is 28.3 Å². The minimum absolute atomic E-state index is 0.0806. The lowest BCUT2D eigenvalue weighted by molar-refractivity contribution is -0.142. The standard InChI is InChI=1S/C11H8ClFO3/c1-16-11(15)5-4-8(14)10-7(13)3-2-6(12)9(5)10/h2-3,5H,4H2,1H3. The van der Waals surface area contributed by atoms with E-state index in [9.17, 15) is 14.0 Å². The van der Waals surface area contributed by atoms with E-state index in [1.807, 2.05) is 0 Å². The Labute approximate surface area is 96.2 Å². The molecule has 0 aliphatic heterocycles. The van der Waals surface area contributed by atoms with Crippen molar-refractivity contribution in [1.82, 2.24) is 0 Å². The van der Waals surface area contributed by atoms with Crippen LogP contribution in [-0.2, 0) is 9.53 Å². The number of hydrogen-bond donors (Lipinski definition) is 0. The summed E-state index contributed by atoms with van der Waals surface area (Å²) in [5.41, 5.74) is 0.168. The fourth-order valence-corrected chi connectivity index (χ4v) is 2.21. The molecule has 16 heavy (non-hydrogen) atoms. The van der Waals surface area contributed by atoms with Crippen LogP contribution >= 0.6 is 11.6 Å². The zero-order valence-electron chi connectivity index (χ0n) is 8.42. The van der Waals surface area contributed by atoms with Gasteiger partial charge in [-0.1, -0.05) is 11.6 Å². The fraction of sp³-hybridized carbons (Fsp3) is 0.273. The molecule has 0 saturated carbocycles. The molecule has 0 heterocycles. The molecule has 0 N–H and O–H groups in total. The monoisotopic (exact) mass is 242 g/mol. The third kappa shape index (κ3) is 1.50. The molecule has 0 radical (unpaired) electrons. The number of fused-ring (bicyclic) bond motifs is 1. The van der Waals surface area contributed by atoms with Gasteiger partial charge in [-0.25, -0.2) is 4.39 Å². The Hall–Kier alpha value is -1.42. The lowest BCUT2D eigenvalue weighted by Crippen LogP contribution is -2.12. The van der Waals surface area contributed by atoms with E-state index in [0.717, 1.165) is 6.07 Å². The molecule has 0 fully saturated rings. The summed E-state index contributed by atoms with van der Waals surface area (Å²) in [6, 6.07) is 2.46. The molecule has 0 aromatic heterocycles. The van der Waals surface area contributed by atoms with Crippen molar-refractivity contribution < 1.29 is 18.7 Å². The van der Waals surface area contributed by atoms with E-state index in [1.54, 1.807) is 0 Å². The molecule has 1 aromatic rings. The van der Waals surface area contributed by atoms with Crippen molar-refractivity contribution in [2.45, 2.75) is 12.3 Å². The number of ketones is 1. The van der Waals surface area contributed by atoms with E-state index in [4.69, 9.17) is 11.6 Å². The molecule has 5 heteroatoms. The van der Waals surface area contributed by atoms with Gasteiger partial charge in [-0.2, -0.15) is 0 Å². The Kier molecular flexibility index (Phi) is 2.68. The zero-order valence-corrected chi connectivity index (χ0v) is 9.18. The number of carbonyl (C=O) groups excluding carboxylic acids is 2. The first kappa shape index (κ1) is 11.1. The number of halogens is 2. The lowest BCUT2D eigenvalue weighted by atomic mass is 10.0. The van der Waals surface area contributed by atoms with Gasteiger partial charge in [-0.05, 0) is 17.7 Å². The van der Waals surface area contributed by atoms with Crippen molar-refractivity contribution in [2.24, 2.45) is 0 Å². The van der Waals surface area contributed by atoms with E-state index in [-0.39, 0.29) is 22.6 Å². The highest BCUT2D eigenvalue weighted by Gasteiger charge is 2.38. The summed E-state index contributed by atoms with van der Waals surface area (Å²) in [6.07, 6.45) is -0.0807. The Morgan fingerprint density at radius 3 is 2.88 bits per heavy atom. The average molecular weight is 243 g/mol. The number of methoxy groups -OCH3 is 1. The topological polar surface area (TPSA) is 43.4 Å². The van der Waals surface area contributed by atoms with Crippen LogP contribution in [0.3, 0.4) is 0 Å². The molecule has 1 atom stereocenters. The third-order valence-corrected chi connectivity index (χ3v) is 2.97. The Balaban J connectivity index is 2.61. The van der Waals surface area contributed by atoms with E-state index in [1.165, 1.54) is 13.2 Å². The van der Waals surface area contributed by atoms with Gasteiger partial charge in [-0.15, -0.1) is 0 Å². The van der Waals surface area contributed by atoms with Crippen molar-refractivity contribution in [3.63, 3.8) is 0 Å². The van der Waals surface area contributed by atoms with Gasteiger partial charge in [0.15, 0.2) is 5.78 Å². The van der Waals surface area contributed by atoms with Crippen LogP contribution in [0.2, 0.25) is 5.02 Å². The maximum Gasteiger partial charge on any atom is 0.313 e. The summed E-state index contributed by atoms with van der Waals surface area (Å²) < 4.78 is 18.0. The molecule has 0 spiro atoms. The first-order valence-corrected chi connectivity index (χ1v) is 5.03. The number of carbonyl (C=O) groups is 2. The van der Waals surface area contributed by atoms with Crippen molar-refractivity contribution in [3.8, 4) is 0 Å². The smallest absolute Gasteiger partial charge is 0.313 e. The minimum Gasteiger partial charge on any atom is -0.469 e. The van der Waals surface area contributed by atoms with Crippen molar-refractivity contribution in [3.05, 3.63) is 34.1 Å². The van der Waals surface area contributed by atoms with Gasteiger partial charge < -0.3 is 4.74 Å². The quantitative estimate of drug-likeness (QED) is 0.710. The van der Waals surface area contributed by atoms with Crippen molar-refractivity contribution in [1.29, 1.82) is 0 Å². The maximum atomic E-state index is 13.4. The highest BCUT2D eigenvalue weighted by atomic mass is 35.5. The summed E-state index contributed by atoms with van der Waals surface area (Å²) in [4.78, 5) is 23.0. The molecule has 1 aliphatic carbocycles. The lowest BCUT2D eigenvalue weighted by Gasteiger charge is -2.09. The first-order valence-electron chi connectivity index (χ1n) is 4.65. The highest BCUT2D eigenvalue weighted by molar-refractivity contribution is 6.32. The summed E-state index contributed by atoms with van der Waals surface area (Å²) >= 11 is 5.88. The normalized spacial score (nSPS) is 18.4. The molecule has 1 aromatic carbocycles. The second-order valence-corrected chi connectivity index (χ2v) is 3.93. The van der Waals surface area contributed by atoms with Gasteiger partial charge in [0.25, 0.3) is 0 Å². The predicted molar refractivity (Wildman–Crippen MR) is 55.1 cm³/mol. The summed E-state index contributed by atoms with van der Waals surface area (Å²) in [7, 11) is 1.22. The van der Waals surface area contributed by atoms with Crippen molar-refractivity contribution in [2.75, 3.05) is 7.11 Å². The Bertz CT molecular complexity index is 484. The first-order chi connectivity index (χ1) is 7.56. The highest BCUT2D eigenvalue weighted by Crippen LogP contribution is 2.39. The van der Waals surface area contributed by atoms with E-state index in [0.29, 0.717) is 0 Å². The van der Waals surface area contributed by atoms with Crippen LogP contribution in [0.5, 0.6) is 0 Å². The van der Waals surface area contributed by atoms with Gasteiger partial charge in [0.1, 0.15) is 5.82 Å². The fourth-order valence-electron chi connectivity index (χ4n) is 1.92. The van der Waals surface area contributed by atoms with Gasteiger partial charge in [0.05, 0.1) is 18.6 Å². The van der Waals surface area contributed by atoms with Crippen molar-refractivity contribution >= 4 is 23.4 Å². The molecule has 1 aliphatic rings. The molecule has 0 saturated heterocycles. The van der Waals surface area contributed by atoms with Crippen LogP contribution < -0.4 is 0 Å². The SMILES string of the molecule is COC(=O)C1CC(=O)c2c(F)ccc(Cl)c21. The van der Waals surface area contributed by atoms with E-state index >= 15 is 0 Å². The maximum absolute atomic E-state index is 13.4. The van der Waals surface area contributed by atoms with Gasteiger partial charge in [-0.3, -0.25) is 9.59 Å². The number of benzene rings is 1. The molecular formula is C11H8ClFO3. The second-order valence-electron chi connectivity index (χ2n) is 3.52. The van der Waals surface area contributed by atoms with Gasteiger partial charge in [0, 0.05) is 11.4 Å². The molecule has 0 amide bonds. The summed E-state index contributed by atoms with van der Waals surface area (Å²) in [5, 5.41) is 0.220. The van der Waals surface area contributed by atoms with Crippen LogP contribution in [-0.4, -0.2) is 18.9 Å². The van der Waals surface area contributed by atoms with Crippen LogP contribution in [0, 0.1) is 5.82 Å². The minimum atomic E-state index is -0.782. The van der Waals surface area contributed by atoms with Gasteiger partial charge in [0.2, 0.25) is 0 Å². The molecule has 84 valence electrons.